The van der Waals surface area contributed by atoms with Crippen LogP contribution in [0.1, 0.15) is 29.6 Å². The van der Waals surface area contributed by atoms with Crippen molar-refractivity contribution in [2.24, 2.45) is 0 Å². The number of nitrogens with one attached hydrogen (secondary N) is 1. The number of rotatable bonds is 6. The van der Waals surface area contributed by atoms with E-state index in [-0.39, 0.29) is 5.91 Å². The first-order valence-corrected chi connectivity index (χ1v) is 8.84. The zero-order valence-corrected chi connectivity index (χ0v) is 15.2. The van der Waals surface area contributed by atoms with Gasteiger partial charge in [0.25, 0.3) is 5.91 Å². The zero-order chi connectivity index (χ0) is 12.7. The fraction of sp³-hybridized carbons (Fsp3) is 0.417. The second-order valence-corrected chi connectivity index (χ2v) is 6.79. The van der Waals surface area contributed by atoms with Gasteiger partial charge in [0.15, 0.2) is 0 Å². The highest BCUT2D eigenvalue weighted by Gasteiger charge is 2.09. The van der Waals surface area contributed by atoms with E-state index < -0.39 is 0 Å². The van der Waals surface area contributed by atoms with Crippen LogP contribution in [0, 0.1) is 3.57 Å². The zero-order valence-electron chi connectivity index (χ0n) is 9.31. The van der Waals surface area contributed by atoms with Crippen molar-refractivity contribution in [1.29, 1.82) is 0 Å². The van der Waals surface area contributed by atoms with Gasteiger partial charge in [-0.25, -0.2) is 0 Å². The molecule has 0 aliphatic carbocycles. The molecule has 0 radical (unpaired) electrons. The number of hydrogen-bond acceptors (Lipinski definition) is 1. The largest absolute Gasteiger partial charge is 0.352 e. The third-order valence-corrected chi connectivity index (χ3v) is 4.47. The minimum Gasteiger partial charge on any atom is -0.352 e. The van der Waals surface area contributed by atoms with Crippen molar-refractivity contribution in [2.75, 3.05) is 11.0 Å². The van der Waals surface area contributed by atoms with E-state index in [2.05, 4.69) is 66.4 Å². The van der Waals surface area contributed by atoms with Crippen LogP contribution in [0.2, 0.25) is 0 Å². The van der Waals surface area contributed by atoms with Crippen molar-refractivity contribution in [3.05, 3.63) is 31.8 Å². The predicted molar refractivity (Wildman–Crippen MR) is 91.9 cm³/mol. The molecule has 0 saturated heterocycles. The third kappa shape index (κ3) is 5.87. The van der Waals surface area contributed by atoms with Crippen molar-refractivity contribution in [1.82, 2.24) is 5.32 Å². The number of benzene rings is 1. The van der Waals surface area contributed by atoms with E-state index >= 15 is 0 Å². The summed E-state index contributed by atoms with van der Waals surface area (Å²) in [6.07, 6.45) is 3.46. The van der Waals surface area contributed by atoms with Gasteiger partial charge in [-0.15, -0.1) is 0 Å². The number of halogens is 3. The molecule has 0 aliphatic heterocycles. The Kier molecular flexibility index (Phi) is 8.01. The molecule has 94 valence electrons. The molecule has 5 heteroatoms. The third-order valence-electron chi connectivity index (χ3n) is 2.27. The van der Waals surface area contributed by atoms with Gasteiger partial charge in [-0.2, -0.15) is 0 Å². The lowest BCUT2D eigenvalue weighted by atomic mass is 10.2. The Balaban J connectivity index is 2.44. The molecule has 0 aliphatic rings. The molecule has 0 unspecified atom stereocenters. The van der Waals surface area contributed by atoms with Crippen LogP contribution in [0.5, 0.6) is 0 Å². The molecule has 0 bridgehead atoms. The number of carbonyl (C=O) groups is 1. The van der Waals surface area contributed by atoms with Crippen LogP contribution in [-0.2, 0) is 0 Å². The Labute approximate surface area is 138 Å². The van der Waals surface area contributed by atoms with E-state index in [9.17, 15) is 4.79 Å². The molecule has 0 saturated carbocycles. The van der Waals surface area contributed by atoms with Crippen LogP contribution < -0.4 is 5.32 Å². The lowest BCUT2D eigenvalue weighted by Gasteiger charge is -2.07. The topological polar surface area (TPSA) is 29.1 Å². The van der Waals surface area contributed by atoms with Crippen LogP contribution in [-0.4, -0.2) is 16.9 Å². The number of alkyl halides is 1. The molecular weight excluding hydrogens is 508 g/mol. The minimum absolute atomic E-state index is 0.0187. The van der Waals surface area contributed by atoms with Gasteiger partial charge in [0.05, 0.1) is 5.56 Å². The van der Waals surface area contributed by atoms with Crippen LogP contribution >= 0.6 is 61.1 Å². The lowest BCUT2D eigenvalue weighted by Crippen LogP contribution is -2.25. The van der Waals surface area contributed by atoms with Gasteiger partial charge < -0.3 is 5.32 Å². The van der Waals surface area contributed by atoms with Crippen molar-refractivity contribution in [2.45, 2.75) is 19.3 Å². The first-order valence-electron chi connectivity index (χ1n) is 5.44. The molecule has 2 nitrogen and oxygen atoms in total. The highest BCUT2D eigenvalue weighted by molar-refractivity contribution is 14.1. The highest BCUT2D eigenvalue weighted by atomic mass is 127. The van der Waals surface area contributed by atoms with Crippen molar-refractivity contribution in [3.63, 3.8) is 0 Å². The summed E-state index contributed by atoms with van der Waals surface area (Å²) in [4.78, 5) is 11.9. The monoisotopic (exact) mass is 521 g/mol. The van der Waals surface area contributed by atoms with Crippen LogP contribution in [0.3, 0.4) is 0 Å². The normalized spacial score (nSPS) is 10.3. The molecule has 17 heavy (non-hydrogen) atoms. The minimum atomic E-state index is 0.0187. The molecule has 1 aromatic carbocycles. The van der Waals surface area contributed by atoms with Gasteiger partial charge in [0.1, 0.15) is 0 Å². The second kappa shape index (κ2) is 8.68. The number of hydrogen-bond donors (Lipinski definition) is 1. The summed E-state index contributed by atoms with van der Waals surface area (Å²) in [6.45, 7) is 0.762. The van der Waals surface area contributed by atoms with Gasteiger partial charge in [-0.05, 0) is 58.1 Å². The molecule has 0 fully saturated rings. The summed E-state index contributed by atoms with van der Waals surface area (Å²) >= 11 is 7.94. The predicted octanol–water partition coefficient (Wildman–Crippen LogP) is 4.39. The molecule has 0 aromatic heterocycles. The van der Waals surface area contributed by atoms with E-state index in [0.29, 0.717) is 0 Å². The quantitative estimate of drug-likeness (QED) is 0.336. The Bertz CT molecular complexity index is 385. The average molecular weight is 522 g/mol. The fourth-order valence-corrected chi connectivity index (χ4v) is 2.85. The first-order chi connectivity index (χ1) is 8.15. The Morgan fingerprint density at radius 2 is 2.06 bits per heavy atom. The number of amides is 1. The van der Waals surface area contributed by atoms with Crippen LogP contribution in [0.15, 0.2) is 22.7 Å². The molecule has 1 amide bonds. The maximum absolute atomic E-state index is 11.9. The summed E-state index contributed by atoms with van der Waals surface area (Å²) in [5, 5.41) is 2.96. The molecule has 1 N–H and O–H groups in total. The van der Waals surface area contributed by atoms with Gasteiger partial charge in [0.2, 0.25) is 0 Å². The van der Waals surface area contributed by atoms with Crippen molar-refractivity contribution >= 4 is 67.0 Å². The summed E-state index contributed by atoms with van der Waals surface area (Å²) in [5.74, 6) is 0.0187. The van der Waals surface area contributed by atoms with E-state index in [4.69, 9.17) is 0 Å². The van der Waals surface area contributed by atoms with Gasteiger partial charge >= 0.3 is 0 Å². The van der Waals surface area contributed by atoms with E-state index in [1.54, 1.807) is 0 Å². The summed E-state index contributed by atoms with van der Waals surface area (Å²) in [7, 11) is 0. The van der Waals surface area contributed by atoms with E-state index in [1.165, 1.54) is 17.3 Å². The van der Waals surface area contributed by atoms with Crippen molar-refractivity contribution < 1.29 is 4.79 Å². The smallest absolute Gasteiger partial charge is 0.252 e. The Hall–Kier alpha value is 0.630. The molecule has 1 aromatic rings. The molecule has 0 atom stereocenters. The molecule has 0 spiro atoms. The van der Waals surface area contributed by atoms with Gasteiger partial charge in [0, 0.05) is 14.6 Å². The molecule has 1 rings (SSSR count). The Morgan fingerprint density at radius 3 is 2.76 bits per heavy atom. The average Bonchev–Trinajstić information content (AvgIpc) is 2.32. The highest BCUT2D eigenvalue weighted by Crippen LogP contribution is 2.18. The summed E-state index contributed by atoms with van der Waals surface area (Å²) in [5.41, 5.74) is 0.744. The van der Waals surface area contributed by atoms with Gasteiger partial charge in [-0.1, -0.05) is 44.9 Å². The molecular formula is C12H14BrI2NO. The number of unbranched alkanes of at least 4 members (excludes halogenated alkanes) is 2. The van der Waals surface area contributed by atoms with Crippen molar-refractivity contribution in [3.8, 4) is 0 Å². The maximum atomic E-state index is 11.9. The van der Waals surface area contributed by atoms with Crippen LogP contribution in [0.25, 0.3) is 0 Å². The first kappa shape index (κ1) is 15.7. The number of carbonyl (C=O) groups excluding carboxylic acids is 1. The lowest BCUT2D eigenvalue weighted by molar-refractivity contribution is 0.0952. The SMILES string of the molecule is O=C(NCCCCCI)c1cc(Br)ccc1I. The maximum Gasteiger partial charge on any atom is 0.252 e. The van der Waals surface area contributed by atoms with Crippen LogP contribution in [0.4, 0.5) is 0 Å². The standard InChI is InChI=1S/C12H14BrI2NO/c13-9-4-5-11(15)10(8-9)12(17)16-7-3-1-2-6-14/h4-5,8H,1-3,6-7H2,(H,16,17). The molecule has 0 heterocycles. The van der Waals surface area contributed by atoms with Gasteiger partial charge in [-0.3, -0.25) is 4.79 Å². The summed E-state index contributed by atoms with van der Waals surface area (Å²) in [6, 6.07) is 5.75. The van der Waals surface area contributed by atoms with E-state index in [0.717, 1.165) is 26.6 Å². The van der Waals surface area contributed by atoms with E-state index in [1.807, 2.05) is 18.2 Å². The Morgan fingerprint density at radius 1 is 1.29 bits per heavy atom. The fourth-order valence-electron chi connectivity index (χ4n) is 1.36. The summed E-state index contributed by atoms with van der Waals surface area (Å²) < 4.78 is 3.11. The second-order valence-electron chi connectivity index (χ2n) is 3.63.